The predicted molar refractivity (Wildman–Crippen MR) is 92.6 cm³/mol. The summed E-state index contributed by atoms with van der Waals surface area (Å²) >= 11 is 0. The predicted octanol–water partition coefficient (Wildman–Crippen LogP) is 0.717. The van der Waals surface area contributed by atoms with Crippen molar-refractivity contribution in [3.05, 3.63) is 35.9 Å². The van der Waals surface area contributed by atoms with Gasteiger partial charge in [-0.15, -0.1) is 0 Å². The quantitative estimate of drug-likeness (QED) is 0.646. The fourth-order valence-electron chi connectivity index (χ4n) is 3.73. The summed E-state index contributed by atoms with van der Waals surface area (Å²) in [4.78, 5) is 36.1. The highest BCUT2D eigenvalue weighted by Gasteiger charge is 2.49. The van der Waals surface area contributed by atoms with Gasteiger partial charge in [0.05, 0.1) is 11.5 Å². The van der Waals surface area contributed by atoms with Crippen molar-refractivity contribution in [1.82, 2.24) is 5.32 Å². The van der Waals surface area contributed by atoms with E-state index in [9.17, 15) is 19.5 Å². The number of rotatable bonds is 5. The van der Waals surface area contributed by atoms with Crippen molar-refractivity contribution >= 4 is 17.8 Å². The molecular formula is C19H23NO7. The fourth-order valence-corrected chi connectivity index (χ4v) is 3.73. The van der Waals surface area contributed by atoms with Crippen molar-refractivity contribution in [2.75, 3.05) is 0 Å². The van der Waals surface area contributed by atoms with E-state index in [1.807, 2.05) is 37.3 Å². The molecular weight excluding hydrogens is 354 g/mol. The number of ether oxygens (including phenoxy) is 2. The largest absolute Gasteiger partial charge is 0.479 e. The number of aliphatic hydroxyl groups is 1. The van der Waals surface area contributed by atoms with Gasteiger partial charge in [-0.3, -0.25) is 14.9 Å². The van der Waals surface area contributed by atoms with Gasteiger partial charge in [0.25, 0.3) is 5.91 Å². The summed E-state index contributed by atoms with van der Waals surface area (Å²) in [6.07, 6.45) is -3.52. The number of carboxylic acids is 1. The second-order valence-electron chi connectivity index (χ2n) is 6.97. The number of benzene rings is 1. The molecule has 146 valence electrons. The first-order valence-corrected chi connectivity index (χ1v) is 8.98. The van der Waals surface area contributed by atoms with E-state index in [1.54, 1.807) is 0 Å². The second kappa shape index (κ2) is 7.75. The zero-order valence-electron chi connectivity index (χ0n) is 15.0. The Kier molecular flexibility index (Phi) is 5.59. The third-order valence-electron chi connectivity index (χ3n) is 5.29. The van der Waals surface area contributed by atoms with Crippen LogP contribution >= 0.6 is 0 Å². The Morgan fingerprint density at radius 3 is 2.63 bits per heavy atom. The van der Waals surface area contributed by atoms with Crippen molar-refractivity contribution in [3.63, 3.8) is 0 Å². The zero-order chi connectivity index (χ0) is 19.6. The molecule has 2 unspecified atom stereocenters. The fraction of sp³-hybridized carbons (Fsp3) is 0.526. The summed E-state index contributed by atoms with van der Waals surface area (Å²) in [5, 5.41) is 21.4. The first kappa shape index (κ1) is 19.5. The van der Waals surface area contributed by atoms with E-state index in [0.29, 0.717) is 6.42 Å². The van der Waals surface area contributed by atoms with E-state index in [2.05, 4.69) is 5.32 Å². The number of aliphatic hydroxyl groups excluding tert-OH is 1. The van der Waals surface area contributed by atoms with Crippen LogP contribution in [0.1, 0.15) is 38.2 Å². The summed E-state index contributed by atoms with van der Waals surface area (Å²) < 4.78 is 11.1. The van der Waals surface area contributed by atoms with Gasteiger partial charge in [0.15, 0.2) is 12.4 Å². The normalized spacial score (nSPS) is 34.1. The molecule has 0 spiro atoms. The Balaban J connectivity index is 1.80. The van der Waals surface area contributed by atoms with Crippen LogP contribution in [0, 0.1) is 0 Å². The number of hydrogen-bond donors (Lipinski definition) is 3. The van der Waals surface area contributed by atoms with E-state index in [4.69, 9.17) is 14.6 Å². The molecule has 2 heterocycles. The number of aliphatic carboxylic acids is 1. The molecule has 2 aliphatic heterocycles. The van der Waals surface area contributed by atoms with Crippen LogP contribution < -0.4 is 5.32 Å². The molecule has 1 aromatic rings. The molecule has 8 heteroatoms. The minimum atomic E-state index is -1.20. The Labute approximate surface area is 156 Å². The van der Waals surface area contributed by atoms with Crippen molar-refractivity contribution in [2.24, 2.45) is 0 Å². The van der Waals surface area contributed by atoms with E-state index in [-0.39, 0.29) is 25.2 Å². The number of carbonyl (C=O) groups is 3. The Morgan fingerprint density at radius 1 is 1.30 bits per heavy atom. The van der Waals surface area contributed by atoms with Crippen LogP contribution in [-0.4, -0.2) is 52.6 Å². The molecule has 3 N–H and O–H groups in total. The lowest BCUT2D eigenvalue weighted by Crippen LogP contribution is -2.59. The van der Waals surface area contributed by atoms with Crippen LogP contribution in [0.5, 0.6) is 0 Å². The van der Waals surface area contributed by atoms with Crippen LogP contribution in [-0.2, 0) is 29.3 Å². The van der Waals surface area contributed by atoms with Crippen molar-refractivity contribution in [1.29, 1.82) is 0 Å². The van der Waals surface area contributed by atoms with Gasteiger partial charge in [0, 0.05) is 19.3 Å². The Bertz CT molecular complexity index is 722. The minimum Gasteiger partial charge on any atom is -0.479 e. The average Bonchev–Trinajstić information content (AvgIpc) is 2.64. The average molecular weight is 377 g/mol. The van der Waals surface area contributed by atoms with Crippen LogP contribution in [0.15, 0.2) is 30.3 Å². The van der Waals surface area contributed by atoms with Crippen molar-refractivity contribution < 1.29 is 34.1 Å². The molecule has 2 saturated heterocycles. The topological polar surface area (TPSA) is 122 Å². The Hall–Kier alpha value is -2.29. The molecule has 8 nitrogen and oxygen atoms in total. The summed E-state index contributed by atoms with van der Waals surface area (Å²) in [6.45, 7) is 1.86. The zero-order valence-corrected chi connectivity index (χ0v) is 15.0. The van der Waals surface area contributed by atoms with Gasteiger partial charge in [-0.2, -0.15) is 0 Å². The summed E-state index contributed by atoms with van der Waals surface area (Å²) in [5.74, 6) is -2.16. The first-order valence-electron chi connectivity index (χ1n) is 8.98. The number of piperidine rings is 1. The molecule has 0 saturated carbocycles. The molecule has 1 aromatic carbocycles. The highest BCUT2D eigenvalue weighted by molar-refractivity contribution is 6.05. The SMILES string of the molecule is CCC1(c2ccccc2)CC(O[C@H]2C[C@@H](O)C[C@@H](C(=O)O)O2)C(=O)NC1=O. The number of hydrogen-bond acceptors (Lipinski definition) is 6. The number of carbonyl (C=O) groups excluding carboxylic acids is 2. The van der Waals surface area contributed by atoms with Crippen molar-refractivity contribution in [3.8, 4) is 0 Å². The number of nitrogens with one attached hydrogen (secondary N) is 1. The number of carboxylic acid groups (broad SMARTS) is 1. The monoisotopic (exact) mass is 377 g/mol. The van der Waals surface area contributed by atoms with Crippen LogP contribution in [0.2, 0.25) is 0 Å². The second-order valence-corrected chi connectivity index (χ2v) is 6.97. The van der Waals surface area contributed by atoms with Crippen LogP contribution in [0.4, 0.5) is 0 Å². The maximum atomic E-state index is 12.7. The molecule has 27 heavy (non-hydrogen) atoms. The molecule has 3 rings (SSSR count). The maximum Gasteiger partial charge on any atom is 0.333 e. The van der Waals surface area contributed by atoms with E-state index >= 15 is 0 Å². The minimum absolute atomic E-state index is 0.0343. The lowest BCUT2D eigenvalue weighted by atomic mass is 9.71. The molecule has 2 aliphatic rings. The third kappa shape index (κ3) is 3.87. The third-order valence-corrected chi connectivity index (χ3v) is 5.29. The summed E-state index contributed by atoms with van der Waals surface area (Å²) in [5.41, 5.74) is -0.154. The smallest absolute Gasteiger partial charge is 0.333 e. The van der Waals surface area contributed by atoms with Crippen LogP contribution in [0.25, 0.3) is 0 Å². The van der Waals surface area contributed by atoms with Gasteiger partial charge in [-0.25, -0.2) is 4.79 Å². The van der Waals surface area contributed by atoms with Gasteiger partial charge < -0.3 is 19.7 Å². The molecule has 5 atom stereocenters. The van der Waals surface area contributed by atoms with E-state index in [1.165, 1.54) is 0 Å². The molecule has 2 amide bonds. The number of imide groups is 1. The lowest BCUT2D eigenvalue weighted by Gasteiger charge is -2.40. The molecule has 0 bridgehead atoms. The van der Waals surface area contributed by atoms with Gasteiger partial charge in [-0.05, 0) is 12.0 Å². The summed E-state index contributed by atoms with van der Waals surface area (Å²) in [6, 6.07) is 9.15. The first-order chi connectivity index (χ1) is 12.9. The Morgan fingerprint density at radius 2 is 2.00 bits per heavy atom. The van der Waals surface area contributed by atoms with Gasteiger partial charge in [-0.1, -0.05) is 37.3 Å². The molecule has 0 aliphatic carbocycles. The van der Waals surface area contributed by atoms with Gasteiger partial charge >= 0.3 is 5.97 Å². The van der Waals surface area contributed by atoms with Gasteiger partial charge in [0.2, 0.25) is 5.91 Å². The van der Waals surface area contributed by atoms with E-state index < -0.39 is 41.9 Å². The summed E-state index contributed by atoms with van der Waals surface area (Å²) in [7, 11) is 0. The lowest BCUT2D eigenvalue weighted by molar-refractivity contribution is -0.238. The molecule has 0 radical (unpaired) electrons. The van der Waals surface area contributed by atoms with Crippen molar-refractivity contribution in [2.45, 2.75) is 62.6 Å². The van der Waals surface area contributed by atoms with Crippen LogP contribution in [0.3, 0.4) is 0 Å². The molecule has 2 fully saturated rings. The number of amides is 2. The van der Waals surface area contributed by atoms with E-state index in [0.717, 1.165) is 5.56 Å². The highest BCUT2D eigenvalue weighted by Crippen LogP contribution is 2.37. The maximum absolute atomic E-state index is 12.7. The standard InChI is InChI=1S/C19H23NO7/c1-2-19(11-6-4-3-5-7-11)10-14(16(22)20-18(19)25)27-15-9-12(21)8-13(26-15)17(23)24/h3-7,12-15,21H,2,8-10H2,1H3,(H,23,24)(H,20,22,25)/t12-,13-,14?,15-,19?/m0/s1. The molecule has 0 aromatic heterocycles. The highest BCUT2D eigenvalue weighted by atomic mass is 16.7. The van der Waals surface area contributed by atoms with Gasteiger partial charge in [0.1, 0.15) is 6.10 Å².